The van der Waals surface area contributed by atoms with Crippen LogP contribution in [0.2, 0.25) is 0 Å². The molecule has 2 aromatic rings. The first-order valence-electron chi connectivity index (χ1n) is 10.3. The molecule has 2 aliphatic rings. The molecule has 1 aromatic carbocycles. The molecule has 1 saturated heterocycles. The Balaban J connectivity index is 1.40. The second-order valence-electron chi connectivity index (χ2n) is 8.22. The summed E-state index contributed by atoms with van der Waals surface area (Å²) in [5.41, 5.74) is 0.451. The molecule has 0 spiro atoms. The van der Waals surface area contributed by atoms with E-state index < -0.39 is 5.82 Å². The van der Waals surface area contributed by atoms with Crippen LogP contribution in [0.5, 0.6) is 5.75 Å². The zero-order valence-electron chi connectivity index (χ0n) is 16.1. The van der Waals surface area contributed by atoms with E-state index in [1.54, 1.807) is 25.3 Å². The van der Waals surface area contributed by atoms with E-state index in [9.17, 15) is 9.18 Å². The normalized spacial score (nSPS) is 20.2. The van der Waals surface area contributed by atoms with Gasteiger partial charge in [0.05, 0.1) is 5.39 Å². The monoisotopic (exact) mass is 372 g/mol. The third-order valence-electron chi connectivity index (χ3n) is 6.23. The Kier molecular flexibility index (Phi) is 5.48. The van der Waals surface area contributed by atoms with Crippen molar-refractivity contribution in [2.45, 2.75) is 58.0 Å². The van der Waals surface area contributed by atoms with Gasteiger partial charge in [0.2, 0.25) is 0 Å². The molecule has 5 heteroatoms. The Labute approximate surface area is 159 Å². The number of halogens is 1. The fourth-order valence-electron chi connectivity index (χ4n) is 4.67. The highest BCUT2D eigenvalue weighted by Gasteiger charge is 2.25. The smallest absolute Gasteiger partial charge is 0.255 e. The van der Waals surface area contributed by atoms with Crippen LogP contribution in [0.3, 0.4) is 0 Å². The van der Waals surface area contributed by atoms with Gasteiger partial charge >= 0.3 is 0 Å². The van der Waals surface area contributed by atoms with Crippen LogP contribution < -0.4 is 10.3 Å². The fraction of sp³-hybridized carbons (Fsp3) is 0.591. The Morgan fingerprint density at radius 1 is 1.15 bits per heavy atom. The molecule has 0 amide bonds. The van der Waals surface area contributed by atoms with E-state index >= 15 is 0 Å². The van der Waals surface area contributed by atoms with Crippen molar-refractivity contribution in [2.75, 3.05) is 19.6 Å². The molecular formula is C22H29FN2O2. The highest BCUT2D eigenvalue weighted by atomic mass is 19.1. The molecule has 2 heterocycles. The molecule has 0 unspecified atom stereocenters. The maximum Gasteiger partial charge on any atom is 0.255 e. The van der Waals surface area contributed by atoms with Crippen molar-refractivity contribution in [2.24, 2.45) is 5.92 Å². The molecule has 0 atom stereocenters. The standard InChI is InChI=1S/C22H29FN2O2/c1-15-13-24-22(26)18-7-8-19(21(23)20(15)18)27-17-9-11-25(12-10-17)14-16-5-3-2-4-6-16/h7-8,13,16-17H,2-6,9-12,14H2,1H3,(H,24,26). The zero-order chi connectivity index (χ0) is 18.8. The van der Waals surface area contributed by atoms with Crippen molar-refractivity contribution in [3.05, 3.63) is 40.1 Å². The van der Waals surface area contributed by atoms with Crippen LogP contribution in [0, 0.1) is 18.7 Å². The van der Waals surface area contributed by atoms with E-state index in [4.69, 9.17) is 4.74 Å². The van der Waals surface area contributed by atoms with Gasteiger partial charge in [-0.15, -0.1) is 0 Å². The van der Waals surface area contributed by atoms with E-state index in [1.807, 2.05) is 0 Å². The van der Waals surface area contributed by atoms with E-state index in [1.165, 1.54) is 38.6 Å². The Hall–Kier alpha value is -1.88. The minimum absolute atomic E-state index is 0.0434. The first-order chi connectivity index (χ1) is 13.1. The van der Waals surface area contributed by atoms with Crippen molar-refractivity contribution >= 4 is 10.8 Å². The number of pyridine rings is 1. The van der Waals surface area contributed by atoms with Gasteiger partial charge in [-0.3, -0.25) is 4.79 Å². The average molecular weight is 372 g/mol. The van der Waals surface area contributed by atoms with Gasteiger partial charge < -0.3 is 14.6 Å². The largest absolute Gasteiger partial charge is 0.487 e. The maximum atomic E-state index is 15.0. The Morgan fingerprint density at radius 3 is 2.63 bits per heavy atom. The predicted molar refractivity (Wildman–Crippen MR) is 106 cm³/mol. The molecule has 1 aliphatic carbocycles. The molecule has 2 fully saturated rings. The van der Waals surface area contributed by atoms with Crippen LogP contribution >= 0.6 is 0 Å². The first-order valence-corrected chi connectivity index (χ1v) is 10.3. The number of aryl methyl sites for hydroxylation is 1. The van der Waals surface area contributed by atoms with Crippen LogP contribution in [-0.2, 0) is 0 Å². The summed E-state index contributed by atoms with van der Waals surface area (Å²) in [5, 5.41) is 0.744. The summed E-state index contributed by atoms with van der Waals surface area (Å²) in [4.78, 5) is 17.1. The molecule has 1 aromatic heterocycles. The zero-order valence-corrected chi connectivity index (χ0v) is 16.1. The molecular weight excluding hydrogens is 343 g/mol. The molecule has 0 radical (unpaired) electrons. The number of hydrogen-bond acceptors (Lipinski definition) is 3. The van der Waals surface area contributed by atoms with E-state index in [0.29, 0.717) is 10.8 Å². The molecule has 1 aliphatic heterocycles. The summed E-state index contributed by atoms with van der Waals surface area (Å²) in [6, 6.07) is 3.26. The summed E-state index contributed by atoms with van der Waals surface area (Å²) in [6.45, 7) is 5.05. The predicted octanol–water partition coefficient (Wildman–Crippen LogP) is 4.40. The minimum atomic E-state index is -0.416. The van der Waals surface area contributed by atoms with Crippen LogP contribution in [-0.4, -0.2) is 35.6 Å². The van der Waals surface area contributed by atoms with Crippen molar-refractivity contribution in [1.82, 2.24) is 9.88 Å². The second kappa shape index (κ2) is 8.01. The van der Waals surface area contributed by atoms with Gasteiger partial charge in [0.15, 0.2) is 11.6 Å². The lowest BCUT2D eigenvalue weighted by molar-refractivity contribution is 0.0839. The summed E-state index contributed by atoms with van der Waals surface area (Å²) in [6.07, 6.45) is 10.4. The number of ether oxygens (including phenoxy) is 1. The molecule has 0 bridgehead atoms. The lowest BCUT2D eigenvalue weighted by atomic mass is 9.88. The Morgan fingerprint density at radius 2 is 1.89 bits per heavy atom. The minimum Gasteiger partial charge on any atom is -0.487 e. The highest BCUT2D eigenvalue weighted by Crippen LogP contribution is 2.30. The number of H-pyrrole nitrogens is 1. The van der Waals surface area contributed by atoms with Crippen LogP contribution in [0.25, 0.3) is 10.8 Å². The van der Waals surface area contributed by atoms with Gasteiger partial charge in [-0.2, -0.15) is 0 Å². The van der Waals surface area contributed by atoms with Crippen LogP contribution in [0.4, 0.5) is 4.39 Å². The highest BCUT2D eigenvalue weighted by molar-refractivity contribution is 5.86. The molecule has 1 saturated carbocycles. The third-order valence-corrected chi connectivity index (χ3v) is 6.23. The third kappa shape index (κ3) is 4.03. The number of aromatic amines is 1. The summed E-state index contributed by atoms with van der Waals surface area (Å²) in [5.74, 6) is 0.706. The van der Waals surface area contributed by atoms with Gasteiger partial charge in [-0.05, 0) is 56.2 Å². The number of fused-ring (bicyclic) bond motifs is 1. The van der Waals surface area contributed by atoms with E-state index in [2.05, 4.69) is 9.88 Å². The number of benzene rings is 1. The molecule has 4 rings (SSSR count). The molecule has 27 heavy (non-hydrogen) atoms. The van der Waals surface area contributed by atoms with E-state index in [-0.39, 0.29) is 17.4 Å². The summed E-state index contributed by atoms with van der Waals surface area (Å²) in [7, 11) is 0. The molecule has 1 N–H and O–H groups in total. The van der Waals surface area contributed by atoms with Crippen molar-refractivity contribution in [1.29, 1.82) is 0 Å². The lowest BCUT2D eigenvalue weighted by Gasteiger charge is -2.35. The van der Waals surface area contributed by atoms with Crippen molar-refractivity contribution < 1.29 is 9.13 Å². The SMILES string of the molecule is Cc1c[nH]c(=O)c2ccc(OC3CCN(CC4CCCCC4)CC3)c(F)c12. The summed E-state index contributed by atoms with van der Waals surface area (Å²) >= 11 is 0. The number of nitrogens with one attached hydrogen (secondary N) is 1. The summed E-state index contributed by atoms with van der Waals surface area (Å²) < 4.78 is 21.0. The number of piperidine rings is 1. The first kappa shape index (κ1) is 18.5. The molecule has 146 valence electrons. The van der Waals surface area contributed by atoms with Crippen LogP contribution in [0.15, 0.2) is 23.1 Å². The van der Waals surface area contributed by atoms with Gasteiger partial charge in [-0.25, -0.2) is 4.39 Å². The lowest BCUT2D eigenvalue weighted by Crippen LogP contribution is -2.41. The number of nitrogens with zero attached hydrogens (tertiary/aromatic N) is 1. The Bertz CT molecular complexity index is 849. The van der Waals surface area contributed by atoms with Gasteiger partial charge in [0, 0.05) is 31.2 Å². The number of likely N-dealkylation sites (tertiary alicyclic amines) is 1. The number of aromatic nitrogens is 1. The maximum absolute atomic E-state index is 15.0. The quantitative estimate of drug-likeness (QED) is 0.865. The fourth-order valence-corrected chi connectivity index (χ4v) is 4.67. The van der Waals surface area contributed by atoms with Crippen molar-refractivity contribution in [3.63, 3.8) is 0 Å². The van der Waals surface area contributed by atoms with Crippen molar-refractivity contribution in [3.8, 4) is 5.75 Å². The topological polar surface area (TPSA) is 45.3 Å². The second-order valence-corrected chi connectivity index (χ2v) is 8.22. The number of rotatable bonds is 4. The van der Waals surface area contributed by atoms with Gasteiger partial charge in [-0.1, -0.05) is 19.3 Å². The number of hydrogen-bond donors (Lipinski definition) is 1. The average Bonchev–Trinajstić information content (AvgIpc) is 2.69. The molecule has 4 nitrogen and oxygen atoms in total. The van der Waals surface area contributed by atoms with E-state index in [0.717, 1.165) is 37.4 Å². The van der Waals surface area contributed by atoms with Gasteiger partial charge in [0.1, 0.15) is 6.10 Å². The van der Waals surface area contributed by atoms with Crippen LogP contribution in [0.1, 0.15) is 50.5 Å². The van der Waals surface area contributed by atoms with Gasteiger partial charge in [0.25, 0.3) is 5.56 Å².